The number of hydrogen-bond donors (Lipinski definition) is 1. The smallest absolute Gasteiger partial charge is 0.161 e. The molecule has 1 aromatic carbocycles. The first-order valence-corrected chi connectivity index (χ1v) is 4.76. The maximum absolute atomic E-state index is 6.01. The van der Waals surface area contributed by atoms with Crippen LogP contribution in [0.15, 0.2) is 12.1 Å². The summed E-state index contributed by atoms with van der Waals surface area (Å²) in [5.74, 6) is 0.792. The van der Waals surface area contributed by atoms with Gasteiger partial charge in [0.25, 0.3) is 0 Å². The van der Waals surface area contributed by atoms with Crippen LogP contribution in [0.2, 0.25) is 5.02 Å². The van der Waals surface area contributed by atoms with Crippen molar-refractivity contribution in [3.8, 4) is 5.75 Å². The number of nitrogens with one attached hydrogen (secondary N) is 1. The van der Waals surface area contributed by atoms with Crippen molar-refractivity contribution in [3.05, 3.63) is 22.7 Å². The number of aryl methyl sites for hydroxylation is 1. The second-order valence-corrected chi connectivity index (χ2v) is 3.78. The molecule has 0 radical (unpaired) electrons. The molecule has 0 amide bonds. The van der Waals surface area contributed by atoms with Gasteiger partial charge in [-0.05, 0) is 25.5 Å². The number of hydrogen-bond acceptors (Lipinski definition) is 2. The zero-order valence-electron chi connectivity index (χ0n) is 7.73. The molecule has 1 heterocycles. The van der Waals surface area contributed by atoms with Gasteiger partial charge >= 0.3 is 0 Å². The fraction of sp³-hybridized carbons (Fsp3) is 0.400. The molecule has 3 heteroatoms. The fourth-order valence-electron chi connectivity index (χ4n) is 1.48. The second kappa shape index (κ2) is 3.11. The minimum atomic E-state index is 0.187. The Morgan fingerprint density at radius 2 is 2.31 bits per heavy atom. The molecular formula is C10H12ClNO. The molecule has 0 saturated heterocycles. The van der Waals surface area contributed by atoms with Crippen LogP contribution in [0.5, 0.6) is 5.75 Å². The van der Waals surface area contributed by atoms with Crippen LogP contribution in [0.4, 0.5) is 5.69 Å². The molecule has 2 nitrogen and oxygen atoms in total. The van der Waals surface area contributed by atoms with E-state index in [4.69, 9.17) is 16.3 Å². The van der Waals surface area contributed by atoms with Crippen LogP contribution in [-0.4, -0.2) is 12.6 Å². The molecule has 1 aliphatic heterocycles. The molecule has 1 aromatic rings. The third-order valence-electron chi connectivity index (χ3n) is 2.20. The Morgan fingerprint density at radius 1 is 1.54 bits per heavy atom. The number of anilines is 1. The van der Waals surface area contributed by atoms with Gasteiger partial charge < -0.3 is 10.1 Å². The average Bonchev–Trinajstić information content (AvgIpc) is 2.12. The van der Waals surface area contributed by atoms with Crippen LogP contribution >= 0.6 is 11.6 Å². The molecule has 0 spiro atoms. The minimum Gasteiger partial charge on any atom is -0.485 e. The maximum Gasteiger partial charge on any atom is 0.161 e. The highest BCUT2D eigenvalue weighted by Gasteiger charge is 2.19. The largest absolute Gasteiger partial charge is 0.485 e. The SMILES string of the molecule is Cc1ccc(Cl)c2c1NCC(C)O2. The standard InChI is InChI=1S/C10H12ClNO/c1-6-3-4-8(11)10-9(6)12-5-7(2)13-10/h3-4,7,12H,5H2,1-2H3. The fourth-order valence-corrected chi connectivity index (χ4v) is 1.68. The van der Waals surface area contributed by atoms with Gasteiger partial charge in [-0.15, -0.1) is 0 Å². The van der Waals surface area contributed by atoms with Gasteiger partial charge in [0.15, 0.2) is 5.75 Å². The molecule has 0 bridgehead atoms. The molecule has 1 atom stereocenters. The maximum atomic E-state index is 6.01. The van der Waals surface area contributed by atoms with Crippen LogP contribution in [0.1, 0.15) is 12.5 Å². The van der Waals surface area contributed by atoms with E-state index in [1.54, 1.807) is 0 Å². The van der Waals surface area contributed by atoms with Gasteiger partial charge in [0, 0.05) is 0 Å². The highest BCUT2D eigenvalue weighted by Crippen LogP contribution is 2.38. The number of fused-ring (bicyclic) bond motifs is 1. The van der Waals surface area contributed by atoms with Crippen LogP contribution in [0.3, 0.4) is 0 Å². The van der Waals surface area contributed by atoms with Gasteiger partial charge in [-0.25, -0.2) is 0 Å². The monoisotopic (exact) mass is 197 g/mol. The van der Waals surface area contributed by atoms with E-state index in [1.807, 2.05) is 26.0 Å². The Labute approximate surface area is 82.9 Å². The first kappa shape index (κ1) is 8.70. The van der Waals surface area contributed by atoms with E-state index in [1.165, 1.54) is 5.56 Å². The Balaban J connectivity index is 2.51. The van der Waals surface area contributed by atoms with Crippen LogP contribution in [0.25, 0.3) is 0 Å². The summed E-state index contributed by atoms with van der Waals surface area (Å²) in [6.07, 6.45) is 0.187. The van der Waals surface area contributed by atoms with Gasteiger partial charge in [0.05, 0.1) is 17.3 Å². The first-order chi connectivity index (χ1) is 6.18. The summed E-state index contributed by atoms with van der Waals surface area (Å²) in [5, 5.41) is 3.99. The van der Waals surface area contributed by atoms with Crippen molar-refractivity contribution in [2.75, 3.05) is 11.9 Å². The summed E-state index contributed by atoms with van der Waals surface area (Å²) in [7, 11) is 0. The Bertz CT molecular complexity index is 338. The summed E-state index contributed by atoms with van der Waals surface area (Å²) in [4.78, 5) is 0. The predicted octanol–water partition coefficient (Wildman–Crippen LogP) is 2.84. The minimum absolute atomic E-state index is 0.187. The first-order valence-electron chi connectivity index (χ1n) is 4.38. The number of halogens is 1. The highest BCUT2D eigenvalue weighted by atomic mass is 35.5. The van der Waals surface area contributed by atoms with Crippen molar-refractivity contribution in [2.45, 2.75) is 20.0 Å². The van der Waals surface area contributed by atoms with Crippen molar-refractivity contribution in [2.24, 2.45) is 0 Å². The number of benzene rings is 1. The normalized spacial score (nSPS) is 20.1. The van der Waals surface area contributed by atoms with Crippen molar-refractivity contribution >= 4 is 17.3 Å². The average molecular weight is 198 g/mol. The molecule has 0 aliphatic carbocycles. The van der Waals surface area contributed by atoms with Crippen molar-refractivity contribution in [3.63, 3.8) is 0 Å². The molecule has 1 N–H and O–H groups in total. The van der Waals surface area contributed by atoms with E-state index >= 15 is 0 Å². The zero-order chi connectivity index (χ0) is 9.42. The quantitative estimate of drug-likeness (QED) is 0.691. The van der Waals surface area contributed by atoms with Gasteiger partial charge in [-0.2, -0.15) is 0 Å². The van der Waals surface area contributed by atoms with E-state index in [-0.39, 0.29) is 6.10 Å². The van der Waals surface area contributed by atoms with Crippen LogP contribution in [0, 0.1) is 6.92 Å². The number of rotatable bonds is 0. The van der Waals surface area contributed by atoms with E-state index in [2.05, 4.69) is 5.32 Å². The van der Waals surface area contributed by atoms with E-state index in [0.717, 1.165) is 18.0 Å². The Kier molecular flexibility index (Phi) is 2.08. The molecular weight excluding hydrogens is 186 g/mol. The van der Waals surface area contributed by atoms with E-state index < -0.39 is 0 Å². The van der Waals surface area contributed by atoms with Crippen molar-refractivity contribution < 1.29 is 4.74 Å². The summed E-state index contributed by atoms with van der Waals surface area (Å²) in [5.41, 5.74) is 2.21. The molecule has 2 rings (SSSR count). The molecule has 0 aromatic heterocycles. The molecule has 1 unspecified atom stereocenters. The lowest BCUT2D eigenvalue weighted by Crippen LogP contribution is -2.28. The van der Waals surface area contributed by atoms with Crippen molar-refractivity contribution in [1.82, 2.24) is 0 Å². The van der Waals surface area contributed by atoms with Gasteiger partial charge in [-0.3, -0.25) is 0 Å². The van der Waals surface area contributed by atoms with E-state index in [0.29, 0.717) is 5.02 Å². The zero-order valence-corrected chi connectivity index (χ0v) is 8.48. The summed E-state index contributed by atoms with van der Waals surface area (Å²) in [6, 6.07) is 3.86. The summed E-state index contributed by atoms with van der Waals surface area (Å²) in [6.45, 7) is 4.91. The lowest BCUT2D eigenvalue weighted by molar-refractivity contribution is 0.226. The third kappa shape index (κ3) is 1.46. The molecule has 0 saturated carbocycles. The summed E-state index contributed by atoms with van der Waals surface area (Å²) >= 11 is 6.01. The van der Waals surface area contributed by atoms with E-state index in [9.17, 15) is 0 Å². The molecule has 0 fully saturated rings. The summed E-state index contributed by atoms with van der Waals surface area (Å²) < 4.78 is 5.65. The molecule has 13 heavy (non-hydrogen) atoms. The lowest BCUT2D eigenvalue weighted by Gasteiger charge is -2.26. The predicted molar refractivity (Wildman–Crippen MR) is 54.8 cm³/mol. The topological polar surface area (TPSA) is 21.3 Å². The number of ether oxygens (including phenoxy) is 1. The van der Waals surface area contributed by atoms with Gasteiger partial charge in [0.2, 0.25) is 0 Å². The molecule has 70 valence electrons. The van der Waals surface area contributed by atoms with Crippen LogP contribution in [-0.2, 0) is 0 Å². The van der Waals surface area contributed by atoms with Gasteiger partial charge in [0.1, 0.15) is 6.10 Å². The lowest BCUT2D eigenvalue weighted by atomic mass is 10.1. The Hall–Kier alpha value is -0.890. The van der Waals surface area contributed by atoms with Crippen molar-refractivity contribution in [1.29, 1.82) is 0 Å². The third-order valence-corrected chi connectivity index (χ3v) is 2.50. The van der Waals surface area contributed by atoms with Crippen LogP contribution < -0.4 is 10.1 Å². The molecule has 1 aliphatic rings. The second-order valence-electron chi connectivity index (χ2n) is 3.38. The Morgan fingerprint density at radius 3 is 3.08 bits per heavy atom. The van der Waals surface area contributed by atoms with Gasteiger partial charge in [-0.1, -0.05) is 17.7 Å². The highest BCUT2D eigenvalue weighted by molar-refractivity contribution is 6.32.